The van der Waals surface area contributed by atoms with Crippen molar-refractivity contribution < 1.29 is 4.79 Å². The lowest BCUT2D eigenvalue weighted by molar-refractivity contribution is -0.120. The van der Waals surface area contributed by atoms with E-state index in [1.54, 1.807) is 6.92 Å². The Labute approximate surface area is 104 Å². The van der Waals surface area contributed by atoms with Gasteiger partial charge in [0.1, 0.15) is 6.04 Å². The van der Waals surface area contributed by atoms with Gasteiger partial charge >= 0.3 is 0 Å². The highest BCUT2D eigenvalue weighted by Gasteiger charge is 2.27. The Morgan fingerprint density at radius 2 is 2.12 bits per heavy atom. The van der Waals surface area contributed by atoms with E-state index in [-0.39, 0.29) is 5.91 Å². The number of thiocarbonyl (C=S) groups is 1. The molecule has 0 aromatic heterocycles. The predicted molar refractivity (Wildman–Crippen MR) is 70.8 cm³/mol. The van der Waals surface area contributed by atoms with Gasteiger partial charge in [-0.25, -0.2) is 5.43 Å². The number of nitrogens with zero attached hydrogens (tertiary/aromatic N) is 1. The average molecular weight is 248 g/mol. The van der Waals surface area contributed by atoms with E-state index in [2.05, 4.69) is 21.2 Å². The third-order valence-electron chi connectivity index (χ3n) is 2.33. The molecule has 0 saturated carbocycles. The van der Waals surface area contributed by atoms with E-state index in [1.807, 2.05) is 30.3 Å². The summed E-state index contributed by atoms with van der Waals surface area (Å²) in [5, 5.41) is 10.1. The summed E-state index contributed by atoms with van der Waals surface area (Å²) in [6.07, 6.45) is 0. The highest BCUT2D eigenvalue weighted by Crippen LogP contribution is 2.05. The first-order valence-electron chi connectivity index (χ1n) is 5.13. The molecule has 1 aliphatic heterocycles. The van der Waals surface area contributed by atoms with E-state index in [1.165, 1.54) is 0 Å². The van der Waals surface area contributed by atoms with Gasteiger partial charge in [-0.2, -0.15) is 5.10 Å². The van der Waals surface area contributed by atoms with Crippen LogP contribution in [0.25, 0.3) is 0 Å². The second-order valence-corrected chi connectivity index (χ2v) is 4.03. The standard InChI is InChI=1S/C11H12N4OS/c1-7-9(10(16)15-14-7)13-11(17)12-8-5-3-2-4-6-8/h2-6,9H,1H3,(H,15,16)(H2,12,13,17). The number of amides is 1. The minimum Gasteiger partial charge on any atom is -0.346 e. The van der Waals surface area contributed by atoms with Crippen molar-refractivity contribution in [1.82, 2.24) is 10.7 Å². The SMILES string of the molecule is CC1=NNC(=O)C1NC(=S)Nc1ccccc1. The van der Waals surface area contributed by atoms with Crippen LogP contribution in [0.2, 0.25) is 0 Å². The summed E-state index contributed by atoms with van der Waals surface area (Å²) < 4.78 is 0. The molecule has 1 amide bonds. The molecule has 1 unspecified atom stereocenters. The summed E-state index contributed by atoms with van der Waals surface area (Å²) in [6, 6.07) is 9.02. The van der Waals surface area contributed by atoms with Crippen LogP contribution in [-0.2, 0) is 4.79 Å². The molecule has 1 atom stereocenters. The molecule has 6 heteroatoms. The van der Waals surface area contributed by atoms with Crippen LogP contribution in [-0.4, -0.2) is 22.8 Å². The molecular formula is C11H12N4OS. The first-order chi connectivity index (χ1) is 8.16. The predicted octanol–water partition coefficient (Wildman–Crippen LogP) is 0.847. The highest BCUT2D eigenvalue weighted by atomic mass is 32.1. The van der Waals surface area contributed by atoms with Crippen molar-refractivity contribution in [2.75, 3.05) is 5.32 Å². The Morgan fingerprint density at radius 1 is 1.41 bits per heavy atom. The quantitative estimate of drug-likeness (QED) is 0.679. The number of hydrogen-bond donors (Lipinski definition) is 3. The third-order valence-corrected chi connectivity index (χ3v) is 2.55. The van der Waals surface area contributed by atoms with Crippen LogP contribution in [0, 0.1) is 0 Å². The van der Waals surface area contributed by atoms with Gasteiger partial charge in [0.15, 0.2) is 5.11 Å². The Hall–Kier alpha value is -1.95. The number of hydrogen-bond acceptors (Lipinski definition) is 3. The second kappa shape index (κ2) is 4.92. The van der Waals surface area contributed by atoms with Gasteiger partial charge in [-0.1, -0.05) is 18.2 Å². The molecule has 0 fully saturated rings. The molecule has 0 radical (unpaired) electrons. The van der Waals surface area contributed by atoms with Gasteiger partial charge in [0, 0.05) is 5.69 Å². The van der Waals surface area contributed by atoms with Crippen LogP contribution in [0.15, 0.2) is 35.4 Å². The molecule has 1 aromatic carbocycles. The maximum Gasteiger partial charge on any atom is 0.268 e. The molecule has 2 rings (SSSR count). The lowest BCUT2D eigenvalue weighted by Gasteiger charge is -2.14. The van der Waals surface area contributed by atoms with Crippen molar-refractivity contribution in [3.05, 3.63) is 30.3 Å². The zero-order chi connectivity index (χ0) is 12.3. The summed E-state index contributed by atoms with van der Waals surface area (Å²) in [5.74, 6) is -0.195. The molecule has 0 aliphatic carbocycles. The van der Waals surface area contributed by atoms with Crippen molar-refractivity contribution in [2.24, 2.45) is 5.10 Å². The minimum atomic E-state index is -0.487. The first-order valence-corrected chi connectivity index (χ1v) is 5.54. The van der Waals surface area contributed by atoms with Gasteiger partial charge < -0.3 is 10.6 Å². The van der Waals surface area contributed by atoms with Crippen LogP contribution >= 0.6 is 12.2 Å². The van der Waals surface area contributed by atoms with Crippen molar-refractivity contribution in [2.45, 2.75) is 13.0 Å². The molecule has 0 spiro atoms. The molecule has 1 aromatic rings. The Balaban J connectivity index is 1.94. The van der Waals surface area contributed by atoms with E-state index in [9.17, 15) is 4.79 Å². The fourth-order valence-electron chi connectivity index (χ4n) is 1.45. The zero-order valence-electron chi connectivity index (χ0n) is 9.23. The minimum absolute atomic E-state index is 0.195. The monoisotopic (exact) mass is 248 g/mol. The number of nitrogens with one attached hydrogen (secondary N) is 3. The van der Waals surface area contributed by atoms with E-state index in [0.29, 0.717) is 10.8 Å². The van der Waals surface area contributed by atoms with Crippen molar-refractivity contribution in [3.8, 4) is 0 Å². The van der Waals surface area contributed by atoms with Gasteiger partial charge in [0.25, 0.3) is 5.91 Å². The lowest BCUT2D eigenvalue weighted by Crippen LogP contribution is -2.46. The fourth-order valence-corrected chi connectivity index (χ4v) is 1.69. The van der Waals surface area contributed by atoms with Crippen LogP contribution in [0.4, 0.5) is 5.69 Å². The average Bonchev–Trinajstić information content (AvgIpc) is 2.62. The zero-order valence-corrected chi connectivity index (χ0v) is 10.0. The van der Waals surface area contributed by atoms with Gasteiger partial charge in [0.05, 0.1) is 5.71 Å². The number of anilines is 1. The van der Waals surface area contributed by atoms with E-state index >= 15 is 0 Å². The second-order valence-electron chi connectivity index (χ2n) is 3.63. The number of carbonyl (C=O) groups is 1. The van der Waals surface area contributed by atoms with Crippen LogP contribution < -0.4 is 16.1 Å². The summed E-state index contributed by atoms with van der Waals surface area (Å²) >= 11 is 5.12. The summed E-state index contributed by atoms with van der Waals surface area (Å²) in [7, 11) is 0. The first kappa shape index (κ1) is 11.5. The molecule has 0 bridgehead atoms. The Kier molecular flexibility index (Phi) is 3.34. The van der Waals surface area contributed by atoms with Crippen LogP contribution in [0.5, 0.6) is 0 Å². The Bertz CT molecular complexity index is 472. The number of para-hydroxylation sites is 1. The van der Waals surface area contributed by atoms with Crippen LogP contribution in [0.3, 0.4) is 0 Å². The molecule has 0 saturated heterocycles. The smallest absolute Gasteiger partial charge is 0.268 e. The van der Waals surface area contributed by atoms with E-state index in [4.69, 9.17) is 12.2 Å². The Morgan fingerprint density at radius 3 is 2.71 bits per heavy atom. The van der Waals surface area contributed by atoms with Gasteiger partial charge in [-0.3, -0.25) is 4.79 Å². The molecular weight excluding hydrogens is 236 g/mol. The lowest BCUT2D eigenvalue weighted by atomic mass is 10.2. The maximum atomic E-state index is 11.4. The summed E-state index contributed by atoms with van der Waals surface area (Å²) in [4.78, 5) is 11.4. The highest BCUT2D eigenvalue weighted by molar-refractivity contribution is 7.80. The maximum absolute atomic E-state index is 11.4. The van der Waals surface area contributed by atoms with Gasteiger partial charge in [-0.05, 0) is 31.3 Å². The topological polar surface area (TPSA) is 65.5 Å². The molecule has 1 heterocycles. The number of rotatable bonds is 2. The molecule has 1 aliphatic rings. The van der Waals surface area contributed by atoms with Gasteiger partial charge in [0.2, 0.25) is 0 Å². The number of carbonyl (C=O) groups excluding carboxylic acids is 1. The molecule has 5 nitrogen and oxygen atoms in total. The fraction of sp³-hybridized carbons (Fsp3) is 0.182. The number of benzene rings is 1. The molecule has 3 N–H and O–H groups in total. The van der Waals surface area contributed by atoms with Crippen molar-refractivity contribution in [3.63, 3.8) is 0 Å². The normalized spacial score (nSPS) is 18.3. The van der Waals surface area contributed by atoms with Crippen molar-refractivity contribution in [1.29, 1.82) is 0 Å². The summed E-state index contributed by atoms with van der Waals surface area (Å²) in [6.45, 7) is 1.76. The van der Waals surface area contributed by atoms with Gasteiger partial charge in [-0.15, -0.1) is 0 Å². The van der Waals surface area contributed by atoms with E-state index < -0.39 is 6.04 Å². The van der Waals surface area contributed by atoms with Crippen LogP contribution in [0.1, 0.15) is 6.92 Å². The molecule has 88 valence electrons. The largest absolute Gasteiger partial charge is 0.346 e. The molecule has 17 heavy (non-hydrogen) atoms. The van der Waals surface area contributed by atoms with E-state index in [0.717, 1.165) is 5.69 Å². The summed E-state index contributed by atoms with van der Waals surface area (Å²) in [5.41, 5.74) is 3.93. The number of hydrazone groups is 1. The third kappa shape index (κ3) is 2.79. The van der Waals surface area contributed by atoms with Crippen molar-refractivity contribution >= 4 is 34.6 Å².